The molecular formula is C14H23N3. The number of hydrogen-bond donors (Lipinski definition) is 1. The van der Waals surface area contributed by atoms with E-state index in [1.165, 1.54) is 24.8 Å². The molecule has 1 saturated heterocycles. The Bertz CT molecular complexity index is 329. The first-order valence-electron chi connectivity index (χ1n) is 6.61. The number of aromatic nitrogens is 1. The molecule has 1 fully saturated rings. The summed E-state index contributed by atoms with van der Waals surface area (Å²) in [4.78, 5) is 6.67. The SMILES string of the molecule is CC1CCCC(C)N1C(CN)c1ccncc1. The maximum absolute atomic E-state index is 6.00. The zero-order valence-corrected chi connectivity index (χ0v) is 10.8. The molecule has 1 aromatic heterocycles. The van der Waals surface area contributed by atoms with Gasteiger partial charge in [-0.05, 0) is 44.4 Å². The molecule has 94 valence electrons. The Morgan fingerprint density at radius 1 is 1.29 bits per heavy atom. The van der Waals surface area contributed by atoms with E-state index in [1.807, 2.05) is 12.4 Å². The summed E-state index contributed by atoms with van der Waals surface area (Å²) in [5.41, 5.74) is 7.29. The van der Waals surface area contributed by atoms with Crippen LogP contribution in [-0.4, -0.2) is 28.5 Å². The van der Waals surface area contributed by atoms with E-state index in [0.717, 1.165) is 0 Å². The van der Waals surface area contributed by atoms with Gasteiger partial charge in [-0.15, -0.1) is 0 Å². The van der Waals surface area contributed by atoms with Crippen molar-refractivity contribution in [2.45, 2.75) is 51.2 Å². The van der Waals surface area contributed by atoms with Crippen LogP contribution in [0.4, 0.5) is 0 Å². The third-order valence-corrected chi connectivity index (χ3v) is 3.94. The summed E-state index contributed by atoms with van der Waals surface area (Å²) in [5.74, 6) is 0. The van der Waals surface area contributed by atoms with Crippen molar-refractivity contribution >= 4 is 0 Å². The van der Waals surface area contributed by atoms with Crippen molar-refractivity contribution in [2.75, 3.05) is 6.54 Å². The molecule has 2 rings (SSSR count). The number of nitrogens with two attached hydrogens (primary N) is 1. The van der Waals surface area contributed by atoms with E-state index >= 15 is 0 Å². The summed E-state index contributed by atoms with van der Waals surface area (Å²) in [6.45, 7) is 5.32. The van der Waals surface area contributed by atoms with Gasteiger partial charge in [0.1, 0.15) is 0 Å². The molecule has 1 aromatic rings. The van der Waals surface area contributed by atoms with E-state index in [1.54, 1.807) is 0 Å². The molecule has 3 nitrogen and oxygen atoms in total. The molecule has 3 atom stereocenters. The summed E-state index contributed by atoms with van der Waals surface area (Å²) in [7, 11) is 0. The molecule has 1 aliphatic rings. The van der Waals surface area contributed by atoms with Crippen LogP contribution < -0.4 is 5.73 Å². The molecule has 3 heteroatoms. The van der Waals surface area contributed by atoms with Gasteiger partial charge in [0, 0.05) is 37.1 Å². The summed E-state index contributed by atoms with van der Waals surface area (Å²) in [5, 5.41) is 0. The van der Waals surface area contributed by atoms with Gasteiger partial charge in [0.15, 0.2) is 0 Å². The summed E-state index contributed by atoms with van der Waals surface area (Å²) in [6.07, 6.45) is 7.62. The van der Waals surface area contributed by atoms with Crippen molar-refractivity contribution in [1.82, 2.24) is 9.88 Å². The third-order valence-electron chi connectivity index (χ3n) is 3.94. The van der Waals surface area contributed by atoms with Crippen molar-refractivity contribution in [3.63, 3.8) is 0 Å². The number of likely N-dealkylation sites (tertiary alicyclic amines) is 1. The maximum atomic E-state index is 6.00. The molecule has 1 aliphatic heterocycles. The van der Waals surface area contributed by atoms with Gasteiger partial charge in [-0.2, -0.15) is 0 Å². The lowest BCUT2D eigenvalue weighted by Crippen LogP contribution is -2.48. The van der Waals surface area contributed by atoms with E-state index < -0.39 is 0 Å². The average Bonchev–Trinajstić information content (AvgIpc) is 2.35. The number of pyridine rings is 1. The highest BCUT2D eigenvalue weighted by Crippen LogP contribution is 2.31. The molecule has 0 radical (unpaired) electrons. The minimum atomic E-state index is 0.336. The molecule has 0 aromatic carbocycles. The Balaban J connectivity index is 2.22. The summed E-state index contributed by atoms with van der Waals surface area (Å²) in [6, 6.07) is 5.76. The summed E-state index contributed by atoms with van der Waals surface area (Å²) < 4.78 is 0. The number of rotatable bonds is 3. The first-order valence-corrected chi connectivity index (χ1v) is 6.61. The minimum absolute atomic E-state index is 0.336. The van der Waals surface area contributed by atoms with E-state index in [4.69, 9.17) is 5.73 Å². The smallest absolute Gasteiger partial charge is 0.0477 e. The second kappa shape index (κ2) is 5.61. The highest BCUT2D eigenvalue weighted by Gasteiger charge is 2.30. The number of piperidine rings is 1. The van der Waals surface area contributed by atoms with Crippen LogP contribution in [0.5, 0.6) is 0 Å². The van der Waals surface area contributed by atoms with Crippen molar-refractivity contribution in [1.29, 1.82) is 0 Å². The Kier molecular flexibility index (Phi) is 4.13. The fourth-order valence-corrected chi connectivity index (χ4v) is 3.07. The predicted octanol–water partition coefficient (Wildman–Crippen LogP) is 2.34. The van der Waals surface area contributed by atoms with Gasteiger partial charge in [-0.3, -0.25) is 9.88 Å². The molecule has 0 aliphatic carbocycles. The van der Waals surface area contributed by atoms with Gasteiger partial charge >= 0.3 is 0 Å². The Labute approximate surface area is 104 Å². The van der Waals surface area contributed by atoms with Crippen LogP contribution in [0.25, 0.3) is 0 Å². The Morgan fingerprint density at radius 2 is 1.88 bits per heavy atom. The number of nitrogens with zero attached hydrogens (tertiary/aromatic N) is 2. The highest BCUT2D eigenvalue weighted by atomic mass is 15.2. The topological polar surface area (TPSA) is 42.1 Å². The van der Waals surface area contributed by atoms with Gasteiger partial charge in [0.25, 0.3) is 0 Å². The number of hydrogen-bond acceptors (Lipinski definition) is 3. The lowest BCUT2D eigenvalue weighted by molar-refractivity contribution is 0.0577. The molecular weight excluding hydrogens is 210 g/mol. The normalized spacial score (nSPS) is 27.9. The van der Waals surface area contributed by atoms with Crippen LogP contribution in [0.2, 0.25) is 0 Å². The van der Waals surface area contributed by atoms with E-state index in [9.17, 15) is 0 Å². The van der Waals surface area contributed by atoms with Gasteiger partial charge < -0.3 is 5.73 Å². The van der Waals surface area contributed by atoms with Crippen LogP contribution in [0.3, 0.4) is 0 Å². The lowest BCUT2D eigenvalue weighted by atomic mass is 9.93. The zero-order chi connectivity index (χ0) is 12.3. The molecule has 3 unspecified atom stereocenters. The minimum Gasteiger partial charge on any atom is -0.329 e. The zero-order valence-electron chi connectivity index (χ0n) is 10.8. The molecule has 17 heavy (non-hydrogen) atoms. The third kappa shape index (κ3) is 2.67. The monoisotopic (exact) mass is 233 g/mol. The maximum Gasteiger partial charge on any atom is 0.0477 e. The average molecular weight is 233 g/mol. The quantitative estimate of drug-likeness (QED) is 0.871. The highest BCUT2D eigenvalue weighted by molar-refractivity contribution is 5.16. The van der Waals surface area contributed by atoms with Crippen LogP contribution in [0, 0.1) is 0 Å². The lowest BCUT2D eigenvalue weighted by Gasteiger charge is -2.44. The van der Waals surface area contributed by atoms with Crippen molar-refractivity contribution in [3.05, 3.63) is 30.1 Å². The van der Waals surface area contributed by atoms with Gasteiger partial charge in [-0.25, -0.2) is 0 Å². The molecule has 0 saturated carbocycles. The van der Waals surface area contributed by atoms with Crippen LogP contribution >= 0.6 is 0 Å². The second-order valence-electron chi connectivity index (χ2n) is 5.11. The molecule has 0 amide bonds. The van der Waals surface area contributed by atoms with Crippen molar-refractivity contribution < 1.29 is 0 Å². The largest absolute Gasteiger partial charge is 0.329 e. The fraction of sp³-hybridized carbons (Fsp3) is 0.643. The van der Waals surface area contributed by atoms with Crippen LogP contribution in [-0.2, 0) is 0 Å². The van der Waals surface area contributed by atoms with Crippen molar-refractivity contribution in [2.24, 2.45) is 5.73 Å². The standard InChI is InChI=1S/C14H23N3/c1-11-4-3-5-12(2)17(11)14(10-15)13-6-8-16-9-7-13/h6-9,11-12,14H,3-5,10,15H2,1-2H3. The molecule has 0 bridgehead atoms. The van der Waals surface area contributed by atoms with Gasteiger partial charge in [-0.1, -0.05) is 6.42 Å². The van der Waals surface area contributed by atoms with Gasteiger partial charge in [0.2, 0.25) is 0 Å². The molecule has 2 heterocycles. The van der Waals surface area contributed by atoms with E-state index in [2.05, 4.69) is 35.9 Å². The van der Waals surface area contributed by atoms with Crippen LogP contribution in [0.1, 0.15) is 44.7 Å². The first-order chi connectivity index (χ1) is 8.24. The Hall–Kier alpha value is -0.930. The Morgan fingerprint density at radius 3 is 2.41 bits per heavy atom. The summed E-state index contributed by atoms with van der Waals surface area (Å²) >= 11 is 0. The van der Waals surface area contributed by atoms with Crippen LogP contribution in [0.15, 0.2) is 24.5 Å². The second-order valence-corrected chi connectivity index (χ2v) is 5.11. The van der Waals surface area contributed by atoms with Gasteiger partial charge in [0.05, 0.1) is 0 Å². The van der Waals surface area contributed by atoms with E-state index in [0.29, 0.717) is 24.7 Å². The first kappa shape index (κ1) is 12.5. The predicted molar refractivity (Wildman–Crippen MR) is 70.6 cm³/mol. The van der Waals surface area contributed by atoms with E-state index in [-0.39, 0.29) is 0 Å². The fourth-order valence-electron chi connectivity index (χ4n) is 3.07. The molecule has 0 spiro atoms. The van der Waals surface area contributed by atoms with Crippen molar-refractivity contribution in [3.8, 4) is 0 Å². The molecule has 2 N–H and O–H groups in total.